The zero-order chi connectivity index (χ0) is 14.6. The Bertz CT molecular complexity index is 543. The van der Waals surface area contributed by atoms with Crippen LogP contribution in [0.15, 0.2) is 29.2 Å². The molecule has 0 spiro atoms. The van der Waals surface area contributed by atoms with Crippen LogP contribution in [0, 0.1) is 0 Å². The van der Waals surface area contributed by atoms with Gasteiger partial charge >= 0.3 is 0 Å². The fraction of sp³-hybridized carbons (Fsp3) is 0.600. The third kappa shape index (κ3) is 4.24. The molecule has 3 nitrogen and oxygen atoms in total. The summed E-state index contributed by atoms with van der Waals surface area (Å²) < 4.78 is 22.5. The first kappa shape index (κ1) is 15.9. The highest BCUT2D eigenvalue weighted by atomic mass is 32.2. The molecule has 1 aliphatic heterocycles. The third-order valence-electron chi connectivity index (χ3n) is 3.72. The van der Waals surface area contributed by atoms with E-state index in [1.54, 1.807) is 0 Å². The average molecular weight is 313 g/mol. The maximum Gasteiger partial charge on any atom is 0.147 e. The minimum atomic E-state index is -2.85. The highest BCUT2D eigenvalue weighted by Crippen LogP contribution is 2.41. The first-order chi connectivity index (χ1) is 9.51. The molecular formula is C15H23NO2S2. The van der Waals surface area contributed by atoms with Crippen LogP contribution in [0.25, 0.3) is 0 Å². The number of sulfone groups is 1. The van der Waals surface area contributed by atoms with E-state index in [2.05, 4.69) is 36.5 Å². The smallest absolute Gasteiger partial charge is 0.147 e. The monoisotopic (exact) mass is 313 g/mol. The van der Waals surface area contributed by atoms with Gasteiger partial charge in [0.2, 0.25) is 0 Å². The van der Waals surface area contributed by atoms with Crippen molar-refractivity contribution in [3.8, 4) is 0 Å². The van der Waals surface area contributed by atoms with E-state index in [-0.39, 0.29) is 5.75 Å². The Morgan fingerprint density at radius 3 is 2.85 bits per heavy atom. The lowest BCUT2D eigenvalue weighted by Gasteiger charge is -2.24. The molecule has 0 radical (unpaired) electrons. The second kappa shape index (κ2) is 6.96. The van der Waals surface area contributed by atoms with Crippen LogP contribution in [0.3, 0.4) is 0 Å². The van der Waals surface area contributed by atoms with E-state index in [1.807, 2.05) is 11.8 Å². The van der Waals surface area contributed by atoms with Gasteiger partial charge in [-0.2, -0.15) is 0 Å². The van der Waals surface area contributed by atoms with Crippen LogP contribution >= 0.6 is 11.8 Å². The van der Waals surface area contributed by atoms with E-state index < -0.39 is 9.84 Å². The normalized spacial score (nSPS) is 19.8. The van der Waals surface area contributed by atoms with E-state index in [0.29, 0.717) is 12.0 Å². The van der Waals surface area contributed by atoms with Gasteiger partial charge in [0.1, 0.15) is 9.84 Å². The van der Waals surface area contributed by atoms with E-state index in [1.165, 1.54) is 16.7 Å². The molecule has 0 aromatic heterocycles. The molecule has 112 valence electrons. The highest BCUT2D eigenvalue weighted by Gasteiger charge is 2.29. The molecule has 2 unspecified atom stereocenters. The number of likely N-dealkylation sites (N-methyl/N-ethyl adjacent to an activating group) is 1. The predicted molar refractivity (Wildman–Crippen MR) is 86.3 cm³/mol. The molecule has 20 heavy (non-hydrogen) atoms. The second-order valence-corrected chi connectivity index (χ2v) is 8.71. The van der Waals surface area contributed by atoms with Crippen LogP contribution in [-0.2, 0) is 9.84 Å². The summed E-state index contributed by atoms with van der Waals surface area (Å²) in [6, 6.07) is 8.94. The number of hydrogen-bond donors (Lipinski definition) is 1. The SMILES string of the molecule is CCNC(CCCS(C)(=O)=O)C1CSc2ccccc21. The Morgan fingerprint density at radius 1 is 1.40 bits per heavy atom. The first-order valence-corrected chi connectivity index (χ1v) is 10.2. The van der Waals surface area contributed by atoms with Gasteiger partial charge in [-0.1, -0.05) is 25.1 Å². The Hall–Kier alpha value is -0.520. The van der Waals surface area contributed by atoms with Crippen LogP contribution in [0.4, 0.5) is 0 Å². The highest BCUT2D eigenvalue weighted by molar-refractivity contribution is 7.99. The largest absolute Gasteiger partial charge is 0.314 e. The van der Waals surface area contributed by atoms with Crippen molar-refractivity contribution in [1.29, 1.82) is 0 Å². The molecule has 1 aromatic rings. The summed E-state index contributed by atoms with van der Waals surface area (Å²) in [5.74, 6) is 1.88. The Labute approximate surface area is 126 Å². The average Bonchev–Trinajstić information content (AvgIpc) is 2.80. The van der Waals surface area contributed by atoms with Crippen molar-refractivity contribution in [1.82, 2.24) is 5.32 Å². The fourth-order valence-electron chi connectivity index (χ4n) is 2.79. The molecule has 0 aliphatic carbocycles. The summed E-state index contributed by atoms with van der Waals surface area (Å²) in [5.41, 5.74) is 1.42. The van der Waals surface area contributed by atoms with Crippen LogP contribution in [0.5, 0.6) is 0 Å². The molecule has 0 fully saturated rings. The summed E-state index contributed by atoms with van der Waals surface area (Å²) in [4.78, 5) is 1.38. The minimum absolute atomic E-state index is 0.288. The standard InChI is InChI=1S/C15H23NO2S2/c1-3-16-14(8-6-10-20(2,17)18)13-11-19-15-9-5-4-7-12(13)15/h4-5,7,9,13-14,16H,3,6,8,10-11H2,1-2H3. The number of rotatable bonds is 7. The van der Waals surface area contributed by atoms with E-state index in [0.717, 1.165) is 25.1 Å². The molecule has 1 aliphatic rings. The molecule has 1 aromatic carbocycles. The number of benzene rings is 1. The van der Waals surface area contributed by atoms with Gasteiger partial charge in [-0.3, -0.25) is 0 Å². The van der Waals surface area contributed by atoms with Crippen LogP contribution in [0.2, 0.25) is 0 Å². The summed E-state index contributed by atoms with van der Waals surface area (Å²) in [6.45, 7) is 3.03. The van der Waals surface area contributed by atoms with Gasteiger partial charge in [-0.25, -0.2) is 8.42 Å². The zero-order valence-electron chi connectivity index (χ0n) is 12.1. The molecule has 0 amide bonds. The molecular weight excluding hydrogens is 290 g/mol. The van der Waals surface area contributed by atoms with Gasteiger partial charge in [-0.15, -0.1) is 11.8 Å². The molecule has 0 saturated carbocycles. The van der Waals surface area contributed by atoms with Crippen LogP contribution < -0.4 is 5.32 Å². The van der Waals surface area contributed by atoms with Gasteiger partial charge < -0.3 is 5.32 Å². The molecule has 5 heteroatoms. The third-order valence-corrected chi connectivity index (χ3v) is 5.96. The predicted octanol–water partition coefficient (Wildman–Crippen LogP) is 2.68. The quantitative estimate of drug-likeness (QED) is 0.841. The fourth-order valence-corrected chi connectivity index (χ4v) is 4.82. The lowest BCUT2D eigenvalue weighted by molar-refractivity contribution is 0.434. The van der Waals surface area contributed by atoms with E-state index in [4.69, 9.17) is 0 Å². The Balaban J connectivity index is 2.02. The Kier molecular flexibility index (Phi) is 5.52. The lowest BCUT2D eigenvalue weighted by Crippen LogP contribution is -2.35. The number of hydrogen-bond acceptors (Lipinski definition) is 4. The topological polar surface area (TPSA) is 46.2 Å². The van der Waals surface area contributed by atoms with Crippen molar-refractivity contribution in [2.24, 2.45) is 0 Å². The Morgan fingerprint density at radius 2 is 2.15 bits per heavy atom. The summed E-state index contributed by atoms with van der Waals surface area (Å²) in [6.07, 6.45) is 2.97. The van der Waals surface area contributed by atoms with Crippen molar-refractivity contribution >= 4 is 21.6 Å². The maximum absolute atomic E-state index is 11.3. The van der Waals surface area contributed by atoms with Crippen LogP contribution in [-0.4, -0.2) is 38.8 Å². The van der Waals surface area contributed by atoms with Gasteiger partial charge in [0.05, 0.1) is 0 Å². The van der Waals surface area contributed by atoms with Gasteiger partial charge in [0.25, 0.3) is 0 Å². The number of nitrogens with one attached hydrogen (secondary N) is 1. The van der Waals surface area contributed by atoms with Crippen molar-refractivity contribution in [2.45, 2.75) is 36.6 Å². The summed E-state index contributed by atoms with van der Waals surface area (Å²) >= 11 is 1.91. The first-order valence-electron chi connectivity index (χ1n) is 7.14. The number of fused-ring (bicyclic) bond motifs is 1. The molecule has 2 atom stereocenters. The van der Waals surface area contributed by atoms with E-state index >= 15 is 0 Å². The second-order valence-electron chi connectivity index (χ2n) is 5.39. The molecule has 0 saturated heterocycles. The lowest BCUT2D eigenvalue weighted by atomic mass is 9.90. The number of thioether (sulfide) groups is 1. The summed E-state index contributed by atoms with van der Waals surface area (Å²) in [5, 5.41) is 3.54. The molecule has 2 rings (SSSR count). The van der Waals surface area contributed by atoms with Crippen molar-refractivity contribution in [3.63, 3.8) is 0 Å². The van der Waals surface area contributed by atoms with Crippen LogP contribution in [0.1, 0.15) is 31.2 Å². The van der Waals surface area contributed by atoms with Gasteiger partial charge in [0.15, 0.2) is 0 Å². The summed E-state index contributed by atoms with van der Waals surface area (Å²) in [7, 11) is -2.85. The zero-order valence-corrected chi connectivity index (χ0v) is 13.8. The molecule has 0 bridgehead atoms. The van der Waals surface area contributed by atoms with E-state index in [9.17, 15) is 8.42 Å². The van der Waals surface area contributed by atoms with Gasteiger partial charge in [-0.05, 0) is 31.0 Å². The van der Waals surface area contributed by atoms with Crippen molar-refractivity contribution in [3.05, 3.63) is 29.8 Å². The maximum atomic E-state index is 11.3. The van der Waals surface area contributed by atoms with Gasteiger partial charge in [0, 0.05) is 34.6 Å². The van der Waals surface area contributed by atoms with Crippen molar-refractivity contribution < 1.29 is 8.42 Å². The molecule has 1 N–H and O–H groups in total. The molecule has 1 heterocycles. The minimum Gasteiger partial charge on any atom is -0.314 e. The van der Waals surface area contributed by atoms with Crippen molar-refractivity contribution in [2.75, 3.05) is 24.3 Å².